The first-order valence-electron chi connectivity index (χ1n) is 6.15. The molecule has 0 spiro atoms. The summed E-state index contributed by atoms with van der Waals surface area (Å²) in [5, 5.41) is 6.22. The topological polar surface area (TPSA) is 53.6 Å². The van der Waals surface area contributed by atoms with Crippen molar-refractivity contribution in [3.05, 3.63) is 0 Å². The van der Waals surface area contributed by atoms with Gasteiger partial charge in [-0.1, -0.05) is 0 Å². The van der Waals surface area contributed by atoms with Crippen molar-refractivity contribution in [3.63, 3.8) is 0 Å². The summed E-state index contributed by atoms with van der Waals surface area (Å²) in [6, 6.07) is 0.444. The van der Waals surface area contributed by atoms with Crippen LogP contribution in [-0.4, -0.2) is 55.9 Å². The molecule has 2 aliphatic heterocycles. The molecule has 92 valence electrons. The molecule has 2 rings (SSSR count). The molecule has 2 amide bonds. The van der Waals surface area contributed by atoms with Crippen molar-refractivity contribution >= 4 is 6.03 Å². The van der Waals surface area contributed by atoms with Gasteiger partial charge in [-0.2, -0.15) is 0 Å². The number of nitrogens with zero attached hydrogens (tertiary/aromatic N) is 1. The Morgan fingerprint density at radius 3 is 3.19 bits per heavy atom. The lowest BCUT2D eigenvalue weighted by molar-refractivity contribution is 0.0832. The van der Waals surface area contributed by atoms with E-state index in [4.69, 9.17) is 4.74 Å². The summed E-state index contributed by atoms with van der Waals surface area (Å²) < 4.78 is 5.60. The SMILES string of the molecule is CC(NCCN1CCNC1=O)C1CCCO1. The van der Waals surface area contributed by atoms with Crippen LogP contribution in [0.3, 0.4) is 0 Å². The first-order chi connectivity index (χ1) is 7.77. The van der Waals surface area contributed by atoms with Gasteiger partial charge < -0.3 is 20.3 Å². The van der Waals surface area contributed by atoms with Gasteiger partial charge in [-0.3, -0.25) is 0 Å². The van der Waals surface area contributed by atoms with Crippen LogP contribution in [0, 0.1) is 0 Å². The van der Waals surface area contributed by atoms with E-state index in [2.05, 4.69) is 17.6 Å². The third-order valence-corrected chi connectivity index (χ3v) is 3.32. The first-order valence-corrected chi connectivity index (χ1v) is 6.15. The molecule has 0 aromatic carbocycles. The van der Waals surface area contributed by atoms with E-state index < -0.39 is 0 Å². The second-order valence-electron chi connectivity index (χ2n) is 4.51. The molecule has 5 nitrogen and oxygen atoms in total. The third-order valence-electron chi connectivity index (χ3n) is 3.32. The summed E-state index contributed by atoms with van der Waals surface area (Å²) in [6.45, 7) is 6.28. The summed E-state index contributed by atoms with van der Waals surface area (Å²) in [6.07, 6.45) is 2.68. The second-order valence-corrected chi connectivity index (χ2v) is 4.51. The number of urea groups is 1. The highest BCUT2D eigenvalue weighted by atomic mass is 16.5. The number of nitrogens with one attached hydrogen (secondary N) is 2. The molecule has 2 unspecified atom stereocenters. The number of amides is 2. The van der Waals surface area contributed by atoms with Gasteiger partial charge in [-0.05, 0) is 19.8 Å². The van der Waals surface area contributed by atoms with Gasteiger partial charge in [0.2, 0.25) is 0 Å². The van der Waals surface area contributed by atoms with E-state index in [9.17, 15) is 4.79 Å². The fourth-order valence-corrected chi connectivity index (χ4v) is 2.28. The maximum Gasteiger partial charge on any atom is 0.317 e. The van der Waals surface area contributed by atoms with Gasteiger partial charge >= 0.3 is 6.03 Å². The van der Waals surface area contributed by atoms with Crippen molar-refractivity contribution in [2.24, 2.45) is 0 Å². The van der Waals surface area contributed by atoms with Crippen molar-refractivity contribution in [2.45, 2.75) is 31.9 Å². The van der Waals surface area contributed by atoms with Crippen LogP contribution in [0.4, 0.5) is 4.79 Å². The normalized spacial score (nSPS) is 27.2. The molecule has 2 heterocycles. The van der Waals surface area contributed by atoms with Crippen LogP contribution >= 0.6 is 0 Å². The summed E-state index contributed by atoms with van der Waals surface area (Å²) in [5.74, 6) is 0. The van der Waals surface area contributed by atoms with E-state index in [1.807, 2.05) is 4.90 Å². The molecule has 0 bridgehead atoms. The van der Waals surface area contributed by atoms with Crippen LogP contribution in [0.25, 0.3) is 0 Å². The van der Waals surface area contributed by atoms with Crippen LogP contribution < -0.4 is 10.6 Å². The minimum Gasteiger partial charge on any atom is -0.377 e. The molecule has 0 aliphatic carbocycles. The van der Waals surface area contributed by atoms with Gasteiger partial charge in [0.1, 0.15) is 0 Å². The zero-order valence-electron chi connectivity index (χ0n) is 9.87. The fourth-order valence-electron chi connectivity index (χ4n) is 2.28. The Kier molecular flexibility index (Phi) is 4.01. The average molecular weight is 227 g/mol. The molecule has 2 aliphatic rings. The van der Waals surface area contributed by atoms with Crippen LogP contribution in [0.5, 0.6) is 0 Å². The fraction of sp³-hybridized carbons (Fsp3) is 0.909. The molecule has 2 saturated heterocycles. The predicted octanol–water partition coefficient (Wildman–Crippen LogP) is 0.169. The number of hydrogen-bond donors (Lipinski definition) is 2. The van der Waals surface area contributed by atoms with Crippen molar-refractivity contribution < 1.29 is 9.53 Å². The van der Waals surface area contributed by atoms with E-state index in [1.165, 1.54) is 6.42 Å². The van der Waals surface area contributed by atoms with Crippen molar-refractivity contribution in [1.29, 1.82) is 0 Å². The third kappa shape index (κ3) is 2.86. The maximum atomic E-state index is 11.3. The molecule has 0 radical (unpaired) electrons. The second kappa shape index (κ2) is 5.50. The molecular formula is C11H21N3O2. The Hall–Kier alpha value is -0.810. The molecule has 2 atom stereocenters. The zero-order valence-corrected chi connectivity index (χ0v) is 9.87. The molecular weight excluding hydrogens is 206 g/mol. The van der Waals surface area contributed by atoms with Crippen molar-refractivity contribution in [1.82, 2.24) is 15.5 Å². The Bertz CT molecular complexity index is 241. The Balaban J connectivity index is 1.61. The predicted molar refractivity (Wildman–Crippen MR) is 61.4 cm³/mol. The summed E-state index contributed by atoms with van der Waals surface area (Å²) in [4.78, 5) is 13.1. The minimum atomic E-state index is 0.0616. The standard InChI is InChI=1S/C11H21N3O2/c1-9(10-3-2-8-16-10)12-4-6-14-7-5-13-11(14)15/h9-10,12H,2-8H2,1H3,(H,13,15). The van der Waals surface area contributed by atoms with E-state index in [0.29, 0.717) is 12.1 Å². The molecule has 0 saturated carbocycles. The Labute approximate surface area is 96.5 Å². The van der Waals surface area contributed by atoms with Crippen LogP contribution in [-0.2, 0) is 4.74 Å². The monoisotopic (exact) mass is 227 g/mol. The summed E-state index contributed by atoms with van der Waals surface area (Å²) in [5.41, 5.74) is 0. The lowest BCUT2D eigenvalue weighted by Gasteiger charge is -2.21. The first kappa shape index (κ1) is 11.7. The molecule has 2 N–H and O–H groups in total. The van der Waals surface area contributed by atoms with Crippen molar-refractivity contribution in [3.8, 4) is 0 Å². The number of carbonyl (C=O) groups is 1. The number of hydrogen-bond acceptors (Lipinski definition) is 3. The van der Waals surface area contributed by atoms with Gasteiger partial charge in [0.15, 0.2) is 0 Å². The zero-order chi connectivity index (χ0) is 11.4. The highest BCUT2D eigenvalue weighted by Crippen LogP contribution is 2.15. The number of ether oxygens (including phenoxy) is 1. The Morgan fingerprint density at radius 2 is 2.56 bits per heavy atom. The van der Waals surface area contributed by atoms with E-state index in [0.717, 1.165) is 39.2 Å². The van der Waals surface area contributed by atoms with Gasteiger partial charge in [0.05, 0.1) is 6.10 Å². The highest BCUT2D eigenvalue weighted by Gasteiger charge is 2.23. The summed E-state index contributed by atoms with van der Waals surface area (Å²) in [7, 11) is 0. The van der Waals surface area contributed by atoms with Crippen LogP contribution in [0.1, 0.15) is 19.8 Å². The quantitative estimate of drug-likeness (QED) is 0.704. The van der Waals surface area contributed by atoms with Gasteiger partial charge in [-0.25, -0.2) is 4.79 Å². The lowest BCUT2D eigenvalue weighted by atomic mass is 10.1. The van der Waals surface area contributed by atoms with E-state index in [1.54, 1.807) is 0 Å². The summed E-state index contributed by atoms with van der Waals surface area (Å²) >= 11 is 0. The minimum absolute atomic E-state index is 0.0616. The average Bonchev–Trinajstić information content (AvgIpc) is 2.90. The van der Waals surface area contributed by atoms with Crippen molar-refractivity contribution in [2.75, 3.05) is 32.8 Å². The molecule has 16 heavy (non-hydrogen) atoms. The Morgan fingerprint density at radius 1 is 1.69 bits per heavy atom. The largest absolute Gasteiger partial charge is 0.377 e. The van der Waals surface area contributed by atoms with E-state index in [-0.39, 0.29) is 6.03 Å². The number of carbonyl (C=O) groups excluding carboxylic acids is 1. The van der Waals surface area contributed by atoms with Crippen LogP contribution in [0.2, 0.25) is 0 Å². The number of rotatable bonds is 5. The smallest absolute Gasteiger partial charge is 0.317 e. The molecule has 2 fully saturated rings. The molecule has 0 aromatic heterocycles. The molecule has 5 heteroatoms. The van der Waals surface area contributed by atoms with E-state index >= 15 is 0 Å². The molecule has 0 aromatic rings. The van der Waals surface area contributed by atoms with Crippen LogP contribution in [0.15, 0.2) is 0 Å². The van der Waals surface area contributed by atoms with Gasteiger partial charge in [0, 0.05) is 38.8 Å². The van der Waals surface area contributed by atoms with Gasteiger partial charge in [-0.15, -0.1) is 0 Å². The lowest BCUT2D eigenvalue weighted by Crippen LogP contribution is -2.42. The maximum absolute atomic E-state index is 11.3. The highest BCUT2D eigenvalue weighted by molar-refractivity contribution is 5.76. The van der Waals surface area contributed by atoms with Gasteiger partial charge in [0.25, 0.3) is 0 Å².